The van der Waals surface area contributed by atoms with Gasteiger partial charge in [-0.3, -0.25) is 23.0 Å². The van der Waals surface area contributed by atoms with Crippen molar-refractivity contribution in [3.8, 4) is 22.0 Å². The molecule has 1 aliphatic carbocycles. The number of halogens is 2. The molecule has 1 unspecified atom stereocenters. The number of phosphoric ester groups is 1. The summed E-state index contributed by atoms with van der Waals surface area (Å²) in [6, 6.07) is 1.88. The topological polar surface area (TPSA) is 145 Å². The Hall–Kier alpha value is -3.40. The lowest BCUT2D eigenvalue weighted by Crippen LogP contribution is -2.25. The van der Waals surface area contributed by atoms with Gasteiger partial charge < -0.3 is 10.1 Å². The van der Waals surface area contributed by atoms with Crippen molar-refractivity contribution in [1.29, 1.82) is 0 Å². The summed E-state index contributed by atoms with van der Waals surface area (Å²) in [5.41, 5.74) is -1.07. The molecule has 0 saturated heterocycles. The summed E-state index contributed by atoms with van der Waals surface area (Å²) in [4.78, 5) is 21.7. The quantitative estimate of drug-likeness (QED) is 0.111. The van der Waals surface area contributed by atoms with E-state index >= 15 is 0 Å². The zero-order valence-electron chi connectivity index (χ0n) is 29.5. The number of ether oxygens (including phenoxy) is 1. The molecule has 0 bridgehead atoms. The van der Waals surface area contributed by atoms with Crippen molar-refractivity contribution in [2.24, 2.45) is 0 Å². The lowest BCUT2D eigenvalue weighted by atomic mass is 9.93. The predicted octanol–water partition coefficient (Wildman–Crippen LogP) is 8.59. The molecule has 4 aromatic heterocycles. The highest BCUT2D eigenvalue weighted by Crippen LogP contribution is 2.57. The second-order valence-electron chi connectivity index (χ2n) is 14.0. The highest BCUT2D eigenvalue weighted by atomic mass is 32.1. The van der Waals surface area contributed by atoms with Crippen LogP contribution >= 0.6 is 19.2 Å². The first kappa shape index (κ1) is 37.8. The number of hydrogen-bond acceptors (Lipinski definition) is 11. The maximum atomic E-state index is 14.9. The predicted molar refractivity (Wildman–Crippen MR) is 185 cm³/mol. The molecular weight excluding hydrogens is 691 g/mol. The van der Waals surface area contributed by atoms with Crippen LogP contribution in [-0.4, -0.2) is 59.3 Å². The molecule has 1 amide bonds. The Morgan fingerprint density at radius 3 is 2.36 bits per heavy atom. The minimum atomic E-state index is -4.02. The lowest BCUT2D eigenvalue weighted by Gasteiger charge is -2.32. The molecule has 50 heavy (non-hydrogen) atoms. The van der Waals surface area contributed by atoms with Crippen LogP contribution in [-0.2, 0) is 22.9 Å². The van der Waals surface area contributed by atoms with Gasteiger partial charge in [0.05, 0.1) is 35.2 Å². The van der Waals surface area contributed by atoms with Crippen LogP contribution in [0.1, 0.15) is 104 Å². The number of hydrogen-bond donors (Lipinski definition) is 1. The van der Waals surface area contributed by atoms with E-state index in [9.17, 15) is 18.1 Å². The van der Waals surface area contributed by atoms with Gasteiger partial charge in [-0.1, -0.05) is 0 Å². The van der Waals surface area contributed by atoms with Crippen molar-refractivity contribution in [3.63, 3.8) is 0 Å². The molecule has 13 nitrogen and oxygen atoms in total. The lowest BCUT2D eigenvalue weighted by molar-refractivity contribution is -0.0230. The van der Waals surface area contributed by atoms with Crippen molar-refractivity contribution >= 4 is 30.8 Å². The fourth-order valence-electron chi connectivity index (χ4n) is 5.45. The van der Waals surface area contributed by atoms with E-state index in [4.69, 9.17) is 18.3 Å². The molecule has 1 N–H and O–H groups in total. The van der Waals surface area contributed by atoms with Gasteiger partial charge in [-0.25, -0.2) is 23.6 Å². The Morgan fingerprint density at radius 2 is 1.72 bits per heavy atom. The summed E-state index contributed by atoms with van der Waals surface area (Å²) in [6.45, 7) is 14.8. The molecular formula is C33H44F2N7O6PS. The molecule has 5 rings (SSSR count). The van der Waals surface area contributed by atoms with Crippen LogP contribution in [0.2, 0.25) is 0 Å². The number of nitrogens with zero attached hydrogens (tertiary/aromatic N) is 6. The number of anilines is 1. The van der Waals surface area contributed by atoms with Crippen molar-refractivity contribution < 1.29 is 36.4 Å². The smallest absolute Gasteiger partial charge is 0.379 e. The highest BCUT2D eigenvalue weighted by Gasteiger charge is 2.39. The maximum absolute atomic E-state index is 14.9. The number of aromatic nitrogens is 6. The van der Waals surface area contributed by atoms with E-state index in [1.54, 1.807) is 77.1 Å². The summed E-state index contributed by atoms with van der Waals surface area (Å²) in [5, 5.41) is 13.8. The Labute approximate surface area is 294 Å². The monoisotopic (exact) mass is 735 g/mol. The molecule has 1 aliphatic rings. The molecule has 0 radical (unpaired) electrons. The normalized spacial score (nSPS) is 18.0. The van der Waals surface area contributed by atoms with Crippen LogP contribution in [0, 0.1) is 11.8 Å². The third-order valence-electron chi connectivity index (χ3n) is 7.45. The molecule has 0 aromatic carbocycles. The molecule has 272 valence electrons. The van der Waals surface area contributed by atoms with Crippen molar-refractivity contribution in [2.45, 2.75) is 111 Å². The zero-order valence-corrected chi connectivity index (χ0v) is 31.2. The number of carbonyl (C=O) groups is 1. The molecule has 4 aromatic rings. The Bertz CT molecular complexity index is 1820. The van der Waals surface area contributed by atoms with Gasteiger partial charge in [-0.15, -0.1) is 11.3 Å². The zero-order chi connectivity index (χ0) is 36.4. The number of rotatable bonds is 12. The van der Waals surface area contributed by atoms with Crippen molar-refractivity contribution in [2.75, 3.05) is 11.9 Å². The minimum absolute atomic E-state index is 0.0103. The number of carbonyl (C=O) groups excluding carboxylic acids is 1. The third-order valence-corrected chi connectivity index (χ3v) is 10.4. The second kappa shape index (κ2) is 15.1. The highest BCUT2D eigenvalue weighted by molar-refractivity contribution is 7.48. The fourth-order valence-corrected chi connectivity index (χ4v) is 8.16. The molecule has 1 atom stereocenters. The van der Waals surface area contributed by atoms with E-state index in [2.05, 4.69) is 25.5 Å². The Morgan fingerprint density at radius 1 is 1.04 bits per heavy atom. The number of thiazole rings is 1. The van der Waals surface area contributed by atoms with Gasteiger partial charge in [0.2, 0.25) is 5.95 Å². The summed E-state index contributed by atoms with van der Waals surface area (Å²) in [6.07, 6.45) is 7.34. The first-order chi connectivity index (χ1) is 23.4. The van der Waals surface area contributed by atoms with Crippen molar-refractivity contribution in [1.82, 2.24) is 29.5 Å². The Kier molecular flexibility index (Phi) is 11.4. The van der Waals surface area contributed by atoms with Crippen LogP contribution < -0.4 is 5.32 Å². The molecule has 1 fully saturated rings. The van der Waals surface area contributed by atoms with Crippen LogP contribution in [0.4, 0.5) is 14.5 Å². The van der Waals surface area contributed by atoms with Gasteiger partial charge in [-0.05, 0) is 93.2 Å². The van der Waals surface area contributed by atoms with E-state index in [0.717, 1.165) is 37.8 Å². The molecule has 1 saturated carbocycles. The third kappa shape index (κ3) is 9.68. The van der Waals surface area contributed by atoms with Gasteiger partial charge in [0.15, 0.2) is 12.0 Å². The van der Waals surface area contributed by atoms with Gasteiger partial charge in [0, 0.05) is 29.9 Å². The number of pyridine rings is 1. The van der Waals surface area contributed by atoms with E-state index in [1.165, 1.54) is 16.0 Å². The second-order valence-corrected chi connectivity index (χ2v) is 16.3. The van der Waals surface area contributed by atoms with Crippen LogP contribution in [0.15, 0.2) is 36.1 Å². The number of phosphoric acid groups is 1. The summed E-state index contributed by atoms with van der Waals surface area (Å²) >= 11 is 1.21. The largest absolute Gasteiger partial charge is 0.477 e. The summed E-state index contributed by atoms with van der Waals surface area (Å²) in [7, 11) is -4.02. The minimum Gasteiger partial charge on any atom is -0.379 e. The van der Waals surface area contributed by atoms with E-state index in [0.29, 0.717) is 17.2 Å². The average Bonchev–Trinajstić information content (AvgIpc) is 3.77. The van der Waals surface area contributed by atoms with Gasteiger partial charge in [-0.2, -0.15) is 14.6 Å². The number of nitrogens with one attached hydrogen (secondary N) is 1. The number of amides is 1. The van der Waals surface area contributed by atoms with E-state index < -0.39 is 42.9 Å². The Balaban J connectivity index is 1.34. The first-order valence-electron chi connectivity index (χ1n) is 16.5. The van der Waals surface area contributed by atoms with Crippen LogP contribution in [0.3, 0.4) is 0 Å². The van der Waals surface area contributed by atoms with Crippen molar-refractivity contribution in [3.05, 3.63) is 53.6 Å². The SMILES string of the molecule is CCO[C@H]1CC[C@H](n2cc(NC(=O)c3csc(-c4cnn(C(C)OP(=O)(OC(C)(C)C)OC(C)(C)C)c4)n3)c(-c3nc(F)ccc3F)n2)CC1. The summed E-state index contributed by atoms with van der Waals surface area (Å²) < 4.78 is 68.8. The van der Waals surface area contributed by atoms with Gasteiger partial charge >= 0.3 is 7.82 Å². The first-order valence-corrected chi connectivity index (χ1v) is 18.8. The molecule has 17 heteroatoms. The van der Waals surface area contributed by atoms with Gasteiger partial charge in [0.25, 0.3) is 5.91 Å². The maximum Gasteiger partial charge on any atom is 0.477 e. The fraction of sp³-hybridized carbons (Fsp3) is 0.545. The molecule has 0 spiro atoms. The molecule has 4 heterocycles. The van der Waals surface area contributed by atoms with Crippen LogP contribution in [0.25, 0.3) is 22.0 Å². The summed E-state index contributed by atoms with van der Waals surface area (Å²) in [5.74, 6) is -2.22. The van der Waals surface area contributed by atoms with Gasteiger partial charge in [0.1, 0.15) is 22.1 Å². The average molecular weight is 736 g/mol. The standard InChI is InChI=1S/C33H44F2N7O6PS/c1-9-45-23-12-10-22(11-13-23)42-18-25(29(40-42)28-24(34)14-15-27(35)39-28)37-30(43)26-19-50-31(38-26)21-16-36-41(17-21)20(2)46-49(44,47-32(3,4)5)48-33(6,7)8/h14-20,22-23H,9-13H2,1-8H3,(H,37,43)/t20?,22-,23-. The van der Waals surface area contributed by atoms with Crippen LogP contribution in [0.5, 0.6) is 0 Å². The van der Waals surface area contributed by atoms with E-state index in [-0.39, 0.29) is 34.9 Å². The molecule has 0 aliphatic heterocycles. The van der Waals surface area contributed by atoms with E-state index in [1.807, 2.05) is 6.92 Å².